The maximum absolute atomic E-state index is 13.0. The average molecular weight is 334 g/mol. The van der Waals surface area contributed by atoms with Gasteiger partial charge in [-0.25, -0.2) is 4.39 Å². The van der Waals surface area contributed by atoms with Gasteiger partial charge in [0.15, 0.2) is 0 Å². The minimum absolute atomic E-state index is 0.167. The fourth-order valence-corrected chi connectivity index (χ4v) is 3.69. The van der Waals surface area contributed by atoms with Crippen molar-refractivity contribution < 1.29 is 13.9 Å². The summed E-state index contributed by atoms with van der Waals surface area (Å²) in [6.07, 6.45) is 1.87. The van der Waals surface area contributed by atoms with E-state index in [1.165, 1.54) is 17.7 Å². The minimum Gasteiger partial charge on any atom is -0.378 e. The SMILES string of the molecule is C[C@H](CN1CCC(C(=O)N2CCOCC2)CC1)c1ccc(F)cc1. The van der Waals surface area contributed by atoms with Crippen molar-refractivity contribution in [2.24, 2.45) is 5.92 Å². The number of nitrogens with zero attached hydrogens (tertiary/aromatic N) is 2. The predicted molar refractivity (Wildman–Crippen MR) is 91.4 cm³/mol. The Balaban J connectivity index is 1.46. The summed E-state index contributed by atoms with van der Waals surface area (Å²) in [5, 5.41) is 0. The van der Waals surface area contributed by atoms with Gasteiger partial charge in [0.2, 0.25) is 5.91 Å². The van der Waals surface area contributed by atoms with Gasteiger partial charge in [0.1, 0.15) is 5.82 Å². The van der Waals surface area contributed by atoms with Crippen LogP contribution in [0, 0.1) is 11.7 Å². The molecule has 0 saturated carbocycles. The van der Waals surface area contributed by atoms with Crippen LogP contribution >= 0.6 is 0 Å². The summed E-state index contributed by atoms with van der Waals surface area (Å²) >= 11 is 0. The summed E-state index contributed by atoms with van der Waals surface area (Å²) in [5.74, 6) is 0.662. The summed E-state index contributed by atoms with van der Waals surface area (Å²) in [7, 11) is 0. The zero-order chi connectivity index (χ0) is 16.9. The molecule has 2 fully saturated rings. The van der Waals surface area contributed by atoms with Crippen LogP contribution in [0.5, 0.6) is 0 Å². The number of hydrogen-bond donors (Lipinski definition) is 0. The molecule has 2 aliphatic heterocycles. The zero-order valence-electron chi connectivity index (χ0n) is 14.4. The van der Waals surface area contributed by atoms with Crippen LogP contribution in [0.15, 0.2) is 24.3 Å². The number of hydrogen-bond acceptors (Lipinski definition) is 3. The van der Waals surface area contributed by atoms with Crippen molar-refractivity contribution in [2.45, 2.75) is 25.7 Å². The van der Waals surface area contributed by atoms with Crippen molar-refractivity contribution in [1.82, 2.24) is 9.80 Å². The number of carbonyl (C=O) groups excluding carboxylic acids is 1. The van der Waals surface area contributed by atoms with Crippen LogP contribution in [0.1, 0.15) is 31.2 Å². The van der Waals surface area contributed by atoms with E-state index in [0.29, 0.717) is 25.0 Å². The quantitative estimate of drug-likeness (QED) is 0.848. The van der Waals surface area contributed by atoms with Crippen LogP contribution < -0.4 is 0 Å². The Morgan fingerprint density at radius 1 is 1.17 bits per heavy atom. The van der Waals surface area contributed by atoms with Crippen LogP contribution in [0.3, 0.4) is 0 Å². The van der Waals surface area contributed by atoms with E-state index in [0.717, 1.165) is 45.6 Å². The van der Waals surface area contributed by atoms with Crippen LogP contribution in [0.4, 0.5) is 4.39 Å². The summed E-state index contributed by atoms with van der Waals surface area (Å²) in [6, 6.07) is 6.79. The molecule has 1 aromatic carbocycles. The van der Waals surface area contributed by atoms with Gasteiger partial charge in [-0.2, -0.15) is 0 Å². The molecular weight excluding hydrogens is 307 g/mol. The summed E-state index contributed by atoms with van der Waals surface area (Å²) in [6.45, 7) is 7.88. The topological polar surface area (TPSA) is 32.8 Å². The van der Waals surface area contributed by atoms with Crippen molar-refractivity contribution in [3.8, 4) is 0 Å². The van der Waals surface area contributed by atoms with E-state index in [4.69, 9.17) is 4.74 Å². The highest BCUT2D eigenvalue weighted by atomic mass is 19.1. The molecule has 0 aliphatic carbocycles. The van der Waals surface area contributed by atoms with Crippen molar-refractivity contribution in [3.63, 3.8) is 0 Å². The molecule has 2 aliphatic rings. The van der Waals surface area contributed by atoms with Crippen LogP contribution in [0.25, 0.3) is 0 Å². The third kappa shape index (κ3) is 4.33. The second kappa shape index (κ2) is 8.08. The molecule has 0 N–H and O–H groups in total. The first kappa shape index (κ1) is 17.4. The number of carbonyl (C=O) groups is 1. The number of morpholine rings is 1. The fraction of sp³-hybridized carbons (Fsp3) is 0.632. The number of piperidine rings is 1. The van der Waals surface area contributed by atoms with E-state index in [1.807, 2.05) is 17.0 Å². The first-order valence-electron chi connectivity index (χ1n) is 8.98. The Kier molecular flexibility index (Phi) is 5.85. The Labute approximate surface area is 143 Å². The van der Waals surface area contributed by atoms with E-state index in [9.17, 15) is 9.18 Å². The maximum Gasteiger partial charge on any atom is 0.225 e. The van der Waals surface area contributed by atoms with E-state index in [1.54, 1.807) is 0 Å². The smallest absolute Gasteiger partial charge is 0.225 e. The molecular formula is C19H27FN2O2. The van der Waals surface area contributed by atoms with Crippen molar-refractivity contribution >= 4 is 5.91 Å². The molecule has 1 aromatic rings. The van der Waals surface area contributed by atoms with Gasteiger partial charge < -0.3 is 14.5 Å². The molecule has 0 unspecified atom stereocenters. The lowest BCUT2D eigenvalue weighted by atomic mass is 9.93. The lowest BCUT2D eigenvalue weighted by molar-refractivity contribution is -0.141. The molecule has 4 nitrogen and oxygen atoms in total. The zero-order valence-corrected chi connectivity index (χ0v) is 14.4. The van der Waals surface area contributed by atoms with Gasteiger partial charge in [0.05, 0.1) is 13.2 Å². The van der Waals surface area contributed by atoms with E-state index >= 15 is 0 Å². The van der Waals surface area contributed by atoms with Gasteiger partial charge in [-0.1, -0.05) is 19.1 Å². The third-order valence-corrected chi connectivity index (χ3v) is 5.23. The van der Waals surface area contributed by atoms with Crippen LogP contribution in [-0.4, -0.2) is 61.6 Å². The number of rotatable bonds is 4. The Morgan fingerprint density at radius 3 is 2.42 bits per heavy atom. The number of likely N-dealkylation sites (tertiary alicyclic amines) is 1. The fourth-order valence-electron chi connectivity index (χ4n) is 3.69. The Bertz CT molecular complexity index is 535. The first-order chi connectivity index (χ1) is 11.6. The predicted octanol–water partition coefficient (Wildman–Crippen LogP) is 2.50. The molecule has 2 saturated heterocycles. The van der Waals surface area contributed by atoms with E-state index < -0.39 is 0 Å². The van der Waals surface area contributed by atoms with Gasteiger partial charge in [-0.3, -0.25) is 4.79 Å². The molecule has 24 heavy (non-hydrogen) atoms. The highest BCUT2D eigenvalue weighted by Crippen LogP contribution is 2.23. The summed E-state index contributed by atoms with van der Waals surface area (Å²) < 4.78 is 18.3. The van der Waals surface area contributed by atoms with Gasteiger partial charge >= 0.3 is 0 Å². The highest BCUT2D eigenvalue weighted by Gasteiger charge is 2.29. The van der Waals surface area contributed by atoms with Crippen molar-refractivity contribution in [1.29, 1.82) is 0 Å². The minimum atomic E-state index is -0.187. The van der Waals surface area contributed by atoms with Crippen LogP contribution in [-0.2, 0) is 9.53 Å². The van der Waals surface area contributed by atoms with E-state index in [-0.39, 0.29) is 11.7 Å². The molecule has 132 valence electrons. The molecule has 1 amide bonds. The number of ether oxygens (including phenoxy) is 1. The number of halogens is 1. The highest BCUT2D eigenvalue weighted by molar-refractivity contribution is 5.79. The number of amides is 1. The molecule has 0 spiro atoms. The normalized spacial score (nSPS) is 21.7. The third-order valence-electron chi connectivity index (χ3n) is 5.23. The van der Waals surface area contributed by atoms with Gasteiger partial charge in [0.25, 0.3) is 0 Å². The number of benzene rings is 1. The maximum atomic E-state index is 13.0. The van der Waals surface area contributed by atoms with Gasteiger partial charge in [-0.05, 0) is 49.5 Å². The van der Waals surface area contributed by atoms with Crippen molar-refractivity contribution in [3.05, 3.63) is 35.6 Å². The Hall–Kier alpha value is -1.46. The van der Waals surface area contributed by atoms with Gasteiger partial charge in [0, 0.05) is 25.6 Å². The van der Waals surface area contributed by atoms with Crippen LogP contribution in [0.2, 0.25) is 0 Å². The molecule has 2 heterocycles. The average Bonchev–Trinajstić information content (AvgIpc) is 2.63. The molecule has 0 aromatic heterocycles. The Morgan fingerprint density at radius 2 is 1.79 bits per heavy atom. The first-order valence-corrected chi connectivity index (χ1v) is 8.98. The standard InChI is InChI=1S/C19H27FN2O2/c1-15(16-2-4-18(20)5-3-16)14-21-8-6-17(7-9-21)19(23)22-10-12-24-13-11-22/h2-5,15,17H,6-14H2,1H3/t15-/m1/s1. The molecule has 0 radical (unpaired) electrons. The molecule has 0 bridgehead atoms. The largest absolute Gasteiger partial charge is 0.378 e. The molecule has 5 heteroatoms. The second-order valence-corrected chi connectivity index (χ2v) is 6.97. The summed E-state index contributed by atoms with van der Waals surface area (Å²) in [4.78, 5) is 16.9. The van der Waals surface area contributed by atoms with Gasteiger partial charge in [-0.15, -0.1) is 0 Å². The van der Waals surface area contributed by atoms with Crippen molar-refractivity contribution in [2.75, 3.05) is 45.9 Å². The molecule has 1 atom stereocenters. The monoisotopic (exact) mass is 334 g/mol. The summed E-state index contributed by atoms with van der Waals surface area (Å²) in [5.41, 5.74) is 1.17. The lowest BCUT2D eigenvalue weighted by Gasteiger charge is -2.36. The lowest BCUT2D eigenvalue weighted by Crippen LogP contribution is -2.47. The second-order valence-electron chi connectivity index (χ2n) is 6.97. The molecule has 3 rings (SSSR count). The van der Waals surface area contributed by atoms with E-state index in [2.05, 4.69) is 11.8 Å².